The molecule has 0 unspecified atom stereocenters. The summed E-state index contributed by atoms with van der Waals surface area (Å²) in [6, 6.07) is 5.78. The largest absolute Gasteiger partial charge is 0.477 e. The smallest absolute Gasteiger partial charge is 0.346 e. The molecule has 0 saturated carbocycles. The third kappa shape index (κ3) is 3.15. The van der Waals surface area contributed by atoms with Crippen molar-refractivity contribution in [3.63, 3.8) is 0 Å². The first kappa shape index (κ1) is 12.7. The zero-order valence-electron chi connectivity index (χ0n) is 10.0. The second-order valence-electron chi connectivity index (χ2n) is 4.11. The number of carbonyl (C=O) groups is 1. The van der Waals surface area contributed by atoms with Crippen molar-refractivity contribution < 1.29 is 9.90 Å². The van der Waals surface area contributed by atoms with Crippen LogP contribution in [0, 0.1) is 0 Å². The fourth-order valence-electron chi connectivity index (χ4n) is 1.80. The van der Waals surface area contributed by atoms with Crippen molar-refractivity contribution in [2.24, 2.45) is 0 Å². The SMILES string of the molecule is CN(Cc1cccnc1)Cc1ccsc1C(=O)O. The van der Waals surface area contributed by atoms with E-state index in [9.17, 15) is 4.79 Å². The minimum Gasteiger partial charge on any atom is -0.477 e. The topological polar surface area (TPSA) is 53.4 Å². The van der Waals surface area contributed by atoms with E-state index in [4.69, 9.17) is 5.11 Å². The molecular weight excluding hydrogens is 248 g/mol. The van der Waals surface area contributed by atoms with Crippen LogP contribution >= 0.6 is 11.3 Å². The second-order valence-corrected chi connectivity index (χ2v) is 5.03. The number of thiophene rings is 1. The van der Waals surface area contributed by atoms with E-state index >= 15 is 0 Å². The fourth-order valence-corrected chi connectivity index (χ4v) is 2.55. The van der Waals surface area contributed by atoms with Crippen LogP contribution in [0.25, 0.3) is 0 Å². The molecule has 0 radical (unpaired) electrons. The minimum atomic E-state index is -0.852. The van der Waals surface area contributed by atoms with Crippen LogP contribution in [-0.2, 0) is 13.1 Å². The summed E-state index contributed by atoms with van der Waals surface area (Å²) in [7, 11) is 1.97. The number of aromatic nitrogens is 1. The molecule has 2 aromatic heterocycles. The zero-order chi connectivity index (χ0) is 13.0. The van der Waals surface area contributed by atoms with Crippen LogP contribution in [0.3, 0.4) is 0 Å². The summed E-state index contributed by atoms with van der Waals surface area (Å²) in [6.07, 6.45) is 3.56. The predicted molar refractivity (Wildman–Crippen MR) is 70.7 cm³/mol. The van der Waals surface area contributed by atoms with Crippen molar-refractivity contribution in [3.05, 3.63) is 52.0 Å². The Balaban J connectivity index is 2.01. The van der Waals surface area contributed by atoms with Crippen LogP contribution in [0.2, 0.25) is 0 Å². The molecule has 2 heterocycles. The molecule has 0 aromatic carbocycles. The Bertz CT molecular complexity index is 525. The van der Waals surface area contributed by atoms with Crippen molar-refractivity contribution in [1.29, 1.82) is 0 Å². The predicted octanol–water partition coefficient (Wildman–Crippen LogP) is 2.47. The maximum absolute atomic E-state index is 11.0. The third-order valence-electron chi connectivity index (χ3n) is 2.56. The molecule has 18 heavy (non-hydrogen) atoms. The molecule has 0 aliphatic heterocycles. The highest BCUT2D eigenvalue weighted by atomic mass is 32.1. The van der Waals surface area contributed by atoms with Crippen LogP contribution in [0.5, 0.6) is 0 Å². The summed E-state index contributed by atoms with van der Waals surface area (Å²) in [5.41, 5.74) is 1.98. The van der Waals surface area contributed by atoms with Crippen LogP contribution in [0.15, 0.2) is 36.0 Å². The van der Waals surface area contributed by atoms with Crippen molar-refractivity contribution in [2.75, 3.05) is 7.05 Å². The summed E-state index contributed by atoms with van der Waals surface area (Å²) in [5.74, 6) is -0.852. The lowest BCUT2D eigenvalue weighted by molar-refractivity contribution is 0.0700. The molecule has 4 nitrogen and oxygen atoms in total. The average Bonchev–Trinajstić information content (AvgIpc) is 2.78. The molecule has 2 aromatic rings. The number of aromatic carboxylic acids is 1. The van der Waals surface area contributed by atoms with Crippen molar-refractivity contribution in [2.45, 2.75) is 13.1 Å². The van der Waals surface area contributed by atoms with Crippen LogP contribution in [0.4, 0.5) is 0 Å². The van der Waals surface area contributed by atoms with Gasteiger partial charge < -0.3 is 5.11 Å². The van der Waals surface area contributed by atoms with Crippen LogP contribution in [0.1, 0.15) is 20.8 Å². The van der Waals surface area contributed by atoms with E-state index in [2.05, 4.69) is 9.88 Å². The molecule has 0 atom stereocenters. The summed E-state index contributed by atoms with van der Waals surface area (Å²) >= 11 is 1.27. The highest BCUT2D eigenvalue weighted by Gasteiger charge is 2.13. The molecule has 2 rings (SSSR count). The van der Waals surface area contributed by atoms with Crippen molar-refractivity contribution in [3.8, 4) is 0 Å². The fraction of sp³-hybridized carbons (Fsp3) is 0.231. The maximum Gasteiger partial charge on any atom is 0.346 e. The van der Waals surface area contributed by atoms with Gasteiger partial charge in [0, 0.05) is 25.5 Å². The van der Waals surface area contributed by atoms with Gasteiger partial charge in [-0.3, -0.25) is 9.88 Å². The lowest BCUT2D eigenvalue weighted by atomic mass is 10.2. The van der Waals surface area contributed by atoms with Gasteiger partial charge >= 0.3 is 5.97 Å². The Morgan fingerprint density at radius 3 is 2.94 bits per heavy atom. The van der Waals surface area contributed by atoms with Gasteiger partial charge in [-0.25, -0.2) is 4.79 Å². The van der Waals surface area contributed by atoms with Gasteiger partial charge in [-0.1, -0.05) is 6.07 Å². The monoisotopic (exact) mass is 262 g/mol. The van der Waals surface area contributed by atoms with Gasteiger partial charge in [0.2, 0.25) is 0 Å². The minimum absolute atomic E-state index is 0.424. The van der Waals surface area contributed by atoms with E-state index in [0.29, 0.717) is 11.4 Å². The van der Waals surface area contributed by atoms with Gasteiger partial charge in [0.15, 0.2) is 0 Å². The first-order valence-electron chi connectivity index (χ1n) is 5.54. The Kier molecular flexibility index (Phi) is 4.07. The zero-order valence-corrected chi connectivity index (χ0v) is 10.9. The summed E-state index contributed by atoms with van der Waals surface area (Å²) in [6.45, 7) is 1.38. The number of rotatable bonds is 5. The van der Waals surface area contributed by atoms with E-state index in [-0.39, 0.29) is 0 Å². The quantitative estimate of drug-likeness (QED) is 0.899. The number of carboxylic acid groups (broad SMARTS) is 1. The molecule has 0 aliphatic rings. The molecule has 0 spiro atoms. The number of pyridine rings is 1. The Hall–Kier alpha value is -1.72. The molecule has 1 N–H and O–H groups in total. The molecule has 0 amide bonds. The van der Waals surface area contributed by atoms with Gasteiger partial charge in [-0.05, 0) is 35.7 Å². The lowest BCUT2D eigenvalue weighted by Gasteiger charge is -2.16. The molecule has 0 bridgehead atoms. The second kappa shape index (κ2) is 5.75. The number of carboxylic acids is 1. The van der Waals surface area contributed by atoms with Crippen LogP contribution in [-0.4, -0.2) is 28.0 Å². The molecule has 94 valence electrons. The first-order chi connectivity index (χ1) is 8.66. The van der Waals surface area contributed by atoms with E-state index in [1.807, 2.05) is 36.8 Å². The van der Waals surface area contributed by atoms with E-state index in [1.54, 1.807) is 6.20 Å². The normalized spacial score (nSPS) is 10.8. The van der Waals surface area contributed by atoms with Crippen LogP contribution < -0.4 is 0 Å². The van der Waals surface area contributed by atoms with E-state index in [1.165, 1.54) is 11.3 Å². The molecule has 5 heteroatoms. The van der Waals surface area contributed by atoms with Gasteiger partial charge in [0.05, 0.1) is 0 Å². The summed E-state index contributed by atoms with van der Waals surface area (Å²) < 4.78 is 0. The highest BCUT2D eigenvalue weighted by Crippen LogP contribution is 2.18. The summed E-state index contributed by atoms with van der Waals surface area (Å²) in [5, 5.41) is 10.9. The van der Waals surface area contributed by atoms with Gasteiger partial charge in [-0.2, -0.15) is 0 Å². The standard InChI is InChI=1S/C13H14N2O2S/c1-15(8-10-3-2-5-14-7-10)9-11-4-6-18-12(11)13(16)17/h2-7H,8-9H2,1H3,(H,16,17). The number of nitrogens with zero attached hydrogens (tertiary/aromatic N) is 2. The Morgan fingerprint density at radius 1 is 1.44 bits per heavy atom. The number of hydrogen-bond acceptors (Lipinski definition) is 4. The Labute approximate surface area is 110 Å². The summed E-state index contributed by atoms with van der Waals surface area (Å²) in [4.78, 5) is 17.6. The van der Waals surface area contributed by atoms with E-state index < -0.39 is 5.97 Å². The van der Waals surface area contributed by atoms with Crippen molar-refractivity contribution in [1.82, 2.24) is 9.88 Å². The highest BCUT2D eigenvalue weighted by molar-refractivity contribution is 7.12. The van der Waals surface area contributed by atoms with Gasteiger partial charge in [0.25, 0.3) is 0 Å². The molecular formula is C13H14N2O2S. The van der Waals surface area contributed by atoms with E-state index in [0.717, 1.165) is 17.7 Å². The van der Waals surface area contributed by atoms with Gasteiger partial charge in [-0.15, -0.1) is 11.3 Å². The first-order valence-corrected chi connectivity index (χ1v) is 6.42. The Morgan fingerprint density at radius 2 is 2.28 bits per heavy atom. The average molecular weight is 262 g/mol. The van der Waals surface area contributed by atoms with Gasteiger partial charge in [0.1, 0.15) is 4.88 Å². The third-order valence-corrected chi connectivity index (χ3v) is 3.50. The number of hydrogen-bond donors (Lipinski definition) is 1. The molecule has 0 saturated heterocycles. The molecule has 0 aliphatic carbocycles. The molecule has 0 fully saturated rings. The maximum atomic E-state index is 11.0. The lowest BCUT2D eigenvalue weighted by Crippen LogP contribution is -2.18. The van der Waals surface area contributed by atoms with Crippen molar-refractivity contribution >= 4 is 17.3 Å².